The summed E-state index contributed by atoms with van der Waals surface area (Å²) in [4.78, 5) is 13.6. The van der Waals surface area contributed by atoms with Crippen LogP contribution in [0.1, 0.15) is 90.2 Å². The maximum Gasteiger partial charge on any atom is 0.160 e. The highest BCUT2D eigenvalue weighted by molar-refractivity contribution is 5.85. The lowest BCUT2D eigenvalue weighted by Crippen LogP contribution is -2.49. The molecule has 4 fully saturated rings. The average molecular weight is 408 g/mol. The Labute approximate surface area is 181 Å². The van der Waals surface area contributed by atoms with E-state index in [9.17, 15) is 4.79 Å². The van der Waals surface area contributed by atoms with Crippen LogP contribution in [-0.4, -0.2) is 15.6 Å². The first-order valence-corrected chi connectivity index (χ1v) is 12.4. The van der Waals surface area contributed by atoms with Crippen molar-refractivity contribution in [2.75, 3.05) is 0 Å². The van der Waals surface area contributed by atoms with Gasteiger partial charge < -0.3 is 0 Å². The van der Waals surface area contributed by atoms with E-state index >= 15 is 0 Å². The van der Waals surface area contributed by atoms with Gasteiger partial charge in [-0.2, -0.15) is 10.4 Å². The highest BCUT2D eigenvalue weighted by Gasteiger charge is 2.58. The standard InChI is InChI=1S/C26H37N3O/c1-16-4-6-20-19(12-16)5-7-22-21(20)10-11-26(3)23(22)8-9-24(26)25(30)17(2)29-15-18(13-27)14-28-29/h14-17,19-24H,4-12H2,1-3H3/t16?,17?,19?,20?,21?,22?,23?,24-,26?/m1/s1. The van der Waals surface area contributed by atoms with Crippen molar-refractivity contribution in [2.45, 2.75) is 84.6 Å². The second-order valence-corrected chi connectivity index (χ2v) is 11.4. The molecule has 4 aliphatic carbocycles. The molecule has 0 amide bonds. The minimum atomic E-state index is -0.277. The van der Waals surface area contributed by atoms with Crippen molar-refractivity contribution in [2.24, 2.45) is 46.8 Å². The summed E-state index contributed by atoms with van der Waals surface area (Å²) >= 11 is 0. The Bertz CT molecular complexity index is 853. The van der Waals surface area contributed by atoms with Gasteiger partial charge in [0.1, 0.15) is 12.1 Å². The molecule has 4 saturated carbocycles. The van der Waals surface area contributed by atoms with Gasteiger partial charge in [0.15, 0.2) is 5.78 Å². The molecule has 162 valence electrons. The summed E-state index contributed by atoms with van der Waals surface area (Å²) in [6.45, 7) is 6.86. The minimum absolute atomic E-state index is 0.150. The van der Waals surface area contributed by atoms with E-state index in [0.29, 0.717) is 11.3 Å². The number of hydrogen-bond acceptors (Lipinski definition) is 3. The van der Waals surface area contributed by atoms with Gasteiger partial charge in [-0.15, -0.1) is 0 Å². The number of aromatic nitrogens is 2. The fourth-order valence-electron chi connectivity index (χ4n) is 8.58. The molecule has 0 N–H and O–H groups in total. The van der Waals surface area contributed by atoms with Crippen LogP contribution in [0.2, 0.25) is 0 Å². The fourth-order valence-corrected chi connectivity index (χ4v) is 8.58. The number of Topliss-reactive ketones (excluding diaryl/α,β-unsaturated/α-hetero) is 1. The number of nitrogens with zero attached hydrogens (tertiary/aromatic N) is 3. The molecule has 1 aromatic rings. The van der Waals surface area contributed by atoms with Crippen molar-refractivity contribution >= 4 is 5.78 Å². The van der Waals surface area contributed by atoms with Gasteiger partial charge in [0.05, 0.1) is 11.8 Å². The number of fused-ring (bicyclic) bond motifs is 5. The lowest BCUT2D eigenvalue weighted by Gasteiger charge is -2.56. The van der Waals surface area contributed by atoms with Crippen LogP contribution >= 0.6 is 0 Å². The maximum absolute atomic E-state index is 13.6. The Morgan fingerprint density at radius 3 is 2.73 bits per heavy atom. The van der Waals surface area contributed by atoms with Gasteiger partial charge in [0, 0.05) is 12.1 Å². The monoisotopic (exact) mass is 407 g/mol. The predicted octanol–water partition coefficient (Wildman–Crippen LogP) is 5.79. The molecule has 0 radical (unpaired) electrons. The highest BCUT2D eigenvalue weighted by Crippen LogP contribution is 2.64. The zero-order chi connectivity index (χ0) is 21.0. The molecular formula is C26H37N3O. The molecule has 1 heterocycles. The Morgan fingerprint density at radius 2 is 1.97 bits per heavy atom. The lowest BCUT2D eigenvalue weighted by atomic mass is 9.49. The van der Waals surface area contributed by atoms with Crippen LogP contribution in [0.25, 0.3) is 0 Å². The van der Waals surface area contributed by atoms with Gasteiger partial charge in [-0.25, -0.2) is 0 Å². The molecule has 0 spiro atoms. The number of hydrogen-bond donors (Lipinski definition) is 0. The van der Waals surface area contributed by atoms with Crippen molar-refractivity contribution in [3.05, 3.63) is 18.0 Å². The van der Waals surface area contributed by atoms with Gasteiger partial charge in [0.2, 0.25) is 0 Å². The molecule has 0 bridgehead atoms. The van der Waals surface area contributed by atoms with Crippen LogP contribution in [0.15, 0.2) is 12.4 Å². The lowest BCUT2D eigenvalue weighted by molar-refractivity contribution is -0.133. The second-order valence-electron chi connectivity index (χ2n) is 11.4. The van der Waals surface area contributed by atoms with E-state index in [1.807, 2.05) is 6.92 Å². The molecule has 30 heavy (non-hydrogen) atoms. The minimum Gasteiger partial charge on any atom is -0.297 e. The summed E-state index contributed by atoms with van der Waals surface area (Å²) < 4.78 is 1.71. The molecule has 0 saturated heterocycles. The fraction of sp³-hybridized carbons (Fsp3) is 0.808. The molecule has 4 aliphatic rings. The molecule has 9 atom stereocenters. The maximum atomic E-state index is 13.6. The first kappa shape index (κ1) is 20.3. The van der Waals surface area contributed by atoms with E-state index in [0.717, 1.165) is 41.9 Å². The molecule has 0 aliphatic heterocycles. The zero-order valence-electron chi connectivity index (χ0n) is 18.9. The summed E-state index contributed by atoms with van der Waals surface area (Å²) in [6, 6.07) is 1.85. The number of rotatable bonds is 3. The summed E-state index contributed by atoms with van der Waals surface area (Å²) in [5.74, 6) is 5.86. The van der Waals surface area contributed by atoms with E-state index < -0.39 is 0 Å². The first-order chi connectivity index (χ1) is 14.4. The number of ketones is 1. The van der Waals surface area contributed by atoms with Crippen molar-refractivity contribution < 1.29 is 4.79 Å². The average Bonchev–Trinajstić information content (AvgIpc) is 3.36. The predicted molar refractivity (Wildman–Crippen MR) is 116 cm³/mol. The van der Waals surface area contributed by atoms with Crippen LogP contribution in [0.5, 0.6) is 0 Å². The van der Waals surface area contributed by atoms with Gasteiger partial charge in [-0.1, -0.05) is 20.3 Å². The van der Waals surface area contributed by atoms with E-state index in [2.05, 4.69) is 25.0 Å². The molecule has 5 rings (SSSR count). The molecule has 4 nitrogen and oxygen atoms in total. The normalized spacial score (nSPS) is 43.7. The number of nitriles is 1. The number of carbonyl (C=O) groups excluding carboxylic acids is 1. The van der Waals surface area contributed by atoms with Gasteiger partial charge in [-0.3, -0.25) is 9.48 Å². The third-order valence-corrected chi connectivity index (χ3v) is 10.1. The quantitative estimate of drug-likeness (QED) is 0.637. The van der Waals surface area contributed by atoms with Crippen LogP contribution in [0.4, 0.5) is 0 Å². The van der Waals surface area contributed by atoms with Crippen LogP contribution in [0.3, 0.4) is 0 Å². The summed E-state index contributed by atoms with van der Waals surface area (Å²) in [5, 5.41) is 13.4. The first-order valence-electron chi connectivity index (χ1n) is 12.4. The Hall–Kier alpha value is -1.63. The van der Waals surface area contributed by atoms with Crippen LogP contribution in [0, 0.1) is 58.2 Å². The van der Waals surface area contributed by atoms with E-state index in [1.54, 1.807) is 17.1 Å². The highest BCUT2D eigenvalue weighted by atomic mass is 16.1. The molecule has 1 aromatic heterocycles. The van der Waals surface area contributed by atoms with Gasteiger partial charge in [0.25, 0.3) is 0 Å². The largest absolute Gasteiger partial charge is 0.297 e. The third-order valence-electron chi connectivity index (χ3n) is 10.1. The SMILES string of the molecule is CC1CCC2C(CCC3C2CCC2(C)C3CC[C@@H]2C(=O)C(C)n2cc(C#N)cn2)C1. The third kappa shape index (κ3) is 3.07. The smallest absolute Gasteiger partial charge is 0.160 e. The molecule has 8 unspecified atom stereocenters. The zero-order valence-corrected chi connectivity index (χ0v) is 18.9. The topological polar surface area (TPSA) is 58.7 Å². The molecule has 4 heteroatoms. The molecular weight excluding hydrogens is 370 g/mol. The Morgan fingerprint density at radius 1 is 1.17 bits per heavy atom. The van der Waals surface area contributed by atoms with Crippen molar-refractivity contribution in [1.82, 2.24) is 9.78 Å². The van der Waals surface area contributed by atoms with Crippen molar-refractivity contribution in [3.8, 4) is 6.07 Å². The van der Waals surface area contributed by atoms with Gasteiger partial charge >= 0.3 is 0 Å². The number of carbonyl (C=O) groups is 1. The van der Waals surface area contributed by atoms with Crippen LogP contribution < -0.4 is 0 Å². The summed E-state index contributed by atoms with van der Waals surface area (Å²) in [6.07, 6.45) is 15.3. The van der Waals surface area contributed by atoms with E-state index in [4.69, 9.17) is 5.26 Å². The van der Waals surface area contributed by atoms with Crippen molar-refractivity contribution in [1.29, 1.82) is 5.26 Å². The Balaban J connectivity index is 1.34. The molecule has 0 aromatic carbocycles. The summed E-state index contributed by atoms with van der Waals surface area (Å²) in [5.41, 5.74) is 0.691. The van der Waals surface area contributed by atoms with Gasteiger partial charge in [-0.05, 0) is 99.2 Å². The Kier molecular flexibility index (Phi) is 5.07. The van der Waals surface area contributed by atoms with E-state index in [1.165, 1.54) is 51.4 Å². The van der Waals surface area contributed by atoms with Crippen molar-refractivity contribution in [3.63, 3.8) is 0 Å². The summed E-state index contributed by atoms with van der Waals surface area (Å²) in [7, 11) is 0. The van der Waals surface area contributed by atoms with Crippen LogP contribution in [-0.2, 0) is 4.79 Å². The second kappa shape index (κ2) is 7.50. The van der Waals surface area contributed by atoms with E-state index in [-0.39, 0.29) is 17.4 Å².